The highest BCUT2D eigenvalue weighted by Gasteiger charge is 2.04. The van der Waals surface area contributed by atoms with Gasteiger partial charge in [0.25, 0.3) is 0 Å². The lowest BCUT2D eigenvalue weighted by Gasteiger charge is -2.12. The van der Waals surface area contributed by atoms with E-state index in [-0.39, 0.29) is 0 Å². The number of rotatable bonds is 6. The molecule has 0 aromatic heterocycles. The average Bonchev–Trinajstić information content (AvgIpc) is 2.27. The molecule has 1 aromatic rings. The first kappa shape index (κ1) is 13.5. The Morgan fingerprint density at radius 2 is 2.19 bits per heavy atom. The van der Waals surface area contributed by atoms with E-state index in [9.17, 15) is 0 Å². The summed E-state index contributed by atoms with van der Waals surface area (Å²) in [6, 6.07) is 6.85. The Labute approximate surface area is 107 Å². The van der Waals surface area contributed by atoms with Crippen LogP contribution in [0.15, 0.2) is 22.7 Å². The van der Waals surface area contributed by atoms with Gasteiger partial charge in [-0.1, -0.05) is 13.0 Å². The summed E-state index contributed by atoms with van der Waals surface area (Å²) in [7, 11) is 1.69. The van der Waals surface area contributed by atoms with E-state index in [0.29, 0.717) is 6.04 Å². The van der Waals surface area contributed by atoms with E-state index in [1.807, 2.05) is 6.07 Å². The molecule has 0 fully saturated rings. The first-order chi connectivity index (χ1) is 7.67. The number of aryl methyl sites for hydroxylation is 1. The summed E-state index contributed by atoms with van der Waals surface area (Å²) >= 11 is 3.50. The Morgan fingerprint density at radius 3 is 2.75 bits per heavy atom. The molecule has 0 spiro atoms. The zero-order valence-electron chi connectivity index (χ0n) is 10.2. The predicted octanol–water partition coefficient (Wildman–Crippen LogP) is 3.39. The van der Waals surface area contributed by atoms with Crippen LogP contribution in [0.4, 0.5) is 0 Å². The predicted molar refractivity (Wildman–Crippen MR) is 72.2 cm³/mol. The third kappa shape index (κ3) is 4.14. The molecular formula is C13H20BrNO. The third-order valence-electron chi connectivity index (χ3n) is 2.63. The Kier molecular flexibility index (Phi) is 5.85. The molecule has 0 aliphatic carbocycles. The van der Waals surface area contributed by atoms with Crippen molar-refractivity contribution in [1.29, 1.82) is 0 Å². The van der Waals surface area contributed by atoms with E-state index < -0.39 is 0 Å². The van der Waals surface area contributed by atoms with Crippen molar-refractivity contribution in [1.82, 2.24) is 5.32 Å². The second-order valence-corrected chi connectivity index (χ2v) is 4.82. The van der Waals surface area contributed by atoms with Crippen LogP contribution in [0.1, 0.15) is 25.8 Å². The summed E-state index contributed by atoms with van der Waals surface area (Å²) in [4.78, 5) is 0. The van der Waals surface area contributed by atoms with E-state index in [4.69, 9.17) is 4.74 Å². The molecule has 16 heavy (non-hydrogen) atoms. The minimum absolute atomic E-state index is 0.575. The van der Waals surface area contributed by atoms with Crippen LogP contribution in [-0.4, -0.2) is 19.7 Å². The second kappa shape index (κ2) is 6.92. The van der Waals surface area contributed by atoms with E-state index in [2.05, 4.69) is 47.2 Å². The first-order valence-corrected chi connectivity index (χ1v) is 6.52. The van der Waals surface area contributed by atoms with Gasteiger partial charge in [0.15, 0.2) is 0 Å². The molecule has 90 valence electrons. The summed E-state index contributed by atoms with van der Waals surface area (Å²) in [5.74, 6) is 0.892. The van der Waals surface area contributed by atoms with Crippen LogP contribution in [0.25, 0.3) is 0 Å². The Morgan fingerprint density at radius 1 is 1.44 bits per heavy atom. The fourth-order valence-electron chi connectivity index (χ4n) is 1.70. The summed E-state index contributed by atoms with van der Waals surface area (Å²) in [6.45, 7) is 5.40. The van der Waals surface area contributed by atoms with Crippen molar-refractivity contribution in [3.05, 3.63) is 28.2 Å². The monoisotopic (exact) mass is 285 g/mol. The normalized spacial score (nSPS) is 12.5. The van der Waals surface area contributed by atoms with Gasteiger partial charge in [0, 0.05) is 6.04 Å². The molecule has 0 amide bonds. The van der Waals surface area contributed by atoms with Crippen molar-refractivity contribution in [2.45, 2.75) is 32.7 Å². The number of nitrogens with one attached hydrogen (secondary N) is 1. The van der Waals surface area contributed by atoms with Crippen LogP contribution in [0.5, 0.6) is 5.75 Å². The van der Waals surface area contributed by atoms with Crippen LogP contribution in [0.3, 0.4) is 0 Å². The summed E-state index contributed by atoms with van der Waals surface area (Å²) < 4.78 is 6.24. The van der Waals surface area contributed by atoms with Crippen LogP contribution >= 0.6 is 15.9 Å². The molecule has 1 aromatic carbocycles. The largest absolute Gasteiger partial charge is 0.496 e. The highest BCUT2D eigenvalue weighted by Crippen LogP contribution is 2.26. The van der Waals surface area contributed by atoms with Gasteiger partial charge in [0.1, 0.15) is 5.75 Å². The van der Waals surface area contributed by atoms with E-state index in [1.54, 1.807) is 7.11 Å². The molecule has 3 heteroatoms. The quantitative estimate of drug-likeness (QED) is 0.865. The lowest BCUT2D eigenvalue weighted by molar-refractivity contribution is 0.412. The molecule has 1 rings (SSSR count). The standard InChI is InChI=1S/C13H20BrNO/c1-4-15-10(2)5-6-11-7-8-13(16-3)12(14)9-11/h7-10,15H,4-6H2,1-3H3. The first-order valence-electron chi connectivity index (χ1n) is 5.73. The van der Waals surface area contributed by atoms with E-state index >= 15 is 0 Å². The van der Waals surface area contributed by atoms with Gasteiger partial charge in [-0.05, 0) is 59.9 Å². The van der Waals surface area contributed by atoms with Gasteiger partial charge in [-0.25, -0.2) is 0 Å². The topological polar surface area (TPSA) is 21.3 Å². The zero-order valence-corrected chi connectivity index (χ0v) is 11.8. The van der Waals surface area contributed by atoms with Gasteiger partial charge >= 0.3 is 0 Å². The van der Waals surface area contributed by atoms with Crippen molar-refractivity contribution in [3.63, 3.8) is 0 Å². The number of benzene rings is 1. The van der Waals surface area contributed by atoms with Gasteiger partial charge < -0.3 is 10.1 Å². The Balaban J connectivity index is 2.51. The minimum Gasteiger partial charge on any atom is -0.496 e. The second-order valence-electron chi connectivity index (χ2n) is 3.97. The molecule has 0 heterocycles. The highest BCUT2D eigenvalue weighted by atomic mass is 79.9. The maximum Gasteiger partial charge on any atom is 0.133 e. The molecule has 0 bridgehead atoms. The van der Waals surface area contributed by atoms with Crippen LogP contribution in [0.2, 0.25) is 0 Å². The van der Waals surface area contributed by atoms with Gasteiger partial charge in [-0.3, -0.25) is 0 Å². The number of ether oxygens (including phenoxy) is 1. The molecule has 1 unspecified atom stereocenters. The smallest absolute Gasteiger partial charge is 0.133 e. The van der Waals surface area contributed by atoms with Crippen LogP contribution < -0.4 is 10.1 Å². The van der Waals surface area contributed by atoms with Crippen molar-refractivity contribution in [3.8, 4) is 5.75 Å². The molecule has 1 atom stereocenters. The number of hydrogen-bond acceptors (Lipinski definition) is 2. The number of halogens is 1. The summed E-state index contributed by atoms with van der Waals surface area (Å²) in [6.07, 6.45) is 2.25. The summed E-state index contributed by atoms with van der Waals surface area (Å²) in [5.41, 5.74) is 1.34. The van der Waals surface area contributed by atoms with Crippen molar-refractivity contribution in [2.24, 2.45) is 0 Å². The maximum atomic E-state index is 5.20. The molecule has 1 N–H and O–H groups in total. The van der Waals surface area contributed by atoms with Crippen LogP contribution in [-0.2, 0) is 6.42 Å². The maximum absolute atomic E-state index is 5.20. The Hall–Kier alpha value is -0.540. The van der Waals surface area contributed by atoms with Gasteiger partial charge in [0.2, 0.25) is 0 Å². The lowest BCUT2D eigenvalue weighted by Crippen LogP contribution is -2.25. The van der Waals surface area contributed by atoms with Gasteiger partial charge in [-0.2, -0.15) is 0 Å². The highest BCUT2D eigenvalue weighted by molar-refractivity contribution is 9.10. The molecule has 0 aliphatic rings. The summed E-state index contributed by atoms with van der Waals surface area (Å²) in [5, 5.41) is 3.42. The van der Waals surface area contributed by atoms with Crippen molar-refractivity contribution in [2.75, 3.05) is 13.7 Å². The van der Waals surface area contributed by atoms with Gasteiger partial charge in [-0.15, -0.1) is 0 Å². The Bertz CT molecular complexity index is 328. The van der Waals surface area contributed by atoms with E-state index in [0.717, 1.165) is 29.6 Å². The zero-order chi connectivity index (χ0) is 12.0. The fourth-order valence-corrected chi connectivity index (χ4v) is 2.29. The van der Waals surface area contributed by atoms with Crippen molar-refractivity contribution >= 4 is 15.9 Å². The molecule has 0 saturated heterocycles. The average molecular weight is 286 g/mol. The molecule has 0 saturated carbocycles. The van der Waals surface area contributed by atoms with E-state index in [1.165, 1.54) is 5.56 Å². The molecule has 0 aliphatic heterocycles. The molecule has 0 radical (unpaired) electrons. The fraction of sp³-hybridized carbons (Fsp3) is 0.538. The number of hydrogen-bond donors (Lipinski definition) is 1. The molecule has 2 nitrogen and oxygen atoms in total. The van der Waals surface area contributed by atoms with Crippen LogP contribution in [0, 0.1) is 0 Å². The lowest BCUT2D eigenvalue weighted by atomic mass is 10.1. The minimum atomic E-state index is 0.575. The van der Waals surface area contributed by atoms with Gasteiger partial charge in [0.05, 0.1) is 11.6 Å². The third-order valence-corrected chi connectivity index (χ3v) is 3.25. The SMILES string of the molecule is CCNC(C)CCc1ccc(OC)c(Br)c1. The molecular weight excluding hydrogens is 266 g/mol. The number of methoxy groups -OCH3 is 1. The van der Waals surface area contributed by atoms with Crippen molar-refractivity contribution < 1.29 is 4.74 Å².